The molecule has 0 unspecified atom stereocenters. The van der Waals surface area contributed by atoms with Gasteiger partial charge in [-0.3, -0.25) is 4.90 Å². The van der Waals surface area contributed by atoms with Gasteiger partial charge in [0.1, 0.15) is 0 Å². The molecular weight excluding hydrogens is 238 g/mol. The maximum absolute atomic E-state index is 12.3. The maximum atomic E-state index is 12.3. The van der Waals surface area contributed by atoms with Crippen LogP contribution in [0.4, 0.5) is 4.79 Å². The fraction of sp³-hybridized carbons (Fsp3) is 0.812. The molecule has 0 aromatic heterocycles. The van der Waals surface area contributed by atoms with Gasteiger partial charge < -0.3 is 4.74 Å². The van der Waals surface area contributed by atoms with Crippen molar-refractivity contribution < 1.29 is 9.53 Å². The smallest absolute Gasteiger partial charge is 0.410 e. The van der Waals surface area contributed by atoms with Gasteiger partial charge in [0.05, 0.1) is 12.6 Å². The second kappa shape index (κ2) is 5.56. The maximum Gasteiger partial charge on any atom is 0.410 e. The molecule has 106 valence electrons. The summed E-state index contributed by atoms with van der Waals surface area (Å²) in [6.45, 7) is 2.37. The summed E-state index contributed by atoms with van der Waals surface area (Å²) >= 11 is 0. The summed E-state index contributed by atoms with van der Waals surface area (Å²) < 4.78 is 5.31. The lowest BCUT2D eigenvalue weighted by molar-refractivity contribution is 0.00857. The number of nitrogens with zero attached hydrogens (tertiary/aromatic N) is 1. The van der Waals surface area contributed by atoms with E-state index in [1.807, 2.05) is 6.92 Å². The van der Waals surface area contributed by atoms with E-state index in [0.29, 0.717) is 24.5 Å². The van der Waals surface area contributed by atoms with E-state index in [1.165, 1.54) is 38.5 Å². The molecule has 2 fully saturated rings. The van der Waals surface area contributed by atoms with Gasteiger partial charge in [0.2, 0.25) is 0 Å². The van der Waals surface area contributed by atoms with Crippen molar-refractivity contribution in [1.29, 1.82) is 0 Å². The first-order valence-corrected chi connectivity index (χ1v) is 7.94. The minimum absolute atomic E-state index is 0.0860. The average Bonchev–Trinajstić information content (AvgIpc) is 2.48. The molecule has 0 spiro atoms. The molecule has 3 atom stereocenters. The number of fused-ring (bicyclic) bond motifs is 2. The number of ether oxygens (including phenoxy) is 1. The summed E-state index contributed by atoms with van der Waals surface area (Å²) in [6.07, 6.45) is 13.5. The van der Waals surface area contributed by atoms with Crippen LogP contribution in [-0.4, -0.2) is 29.7 Å². The lowest BCUT2D eigenvalue weighted by atomic mass is 9.71. The molecule has 0 N–H and O–H groups in total. The minimum atomic E-state index is -0.0860. The van der Waals surface area contributed by atoms with E-state index in [0.717, 1.165) is 6.42 Å². The van der Waals surface area contributed by atoms with E-state index in [2.05, 4.69) is 17.1 Å². The lowest BCUT2D eigenvalue weighted by Crippen LogP contribution is -2.58. The Morgan fingerprint density at radius 2 is 1.95 bits per heavy atom. The van der Waals surface area contributed by atoms with E-state index in [1.54, 1.807) is 0 Å². The van der Waals surface area contributed by atoms with Crippen molar-refractivity contribution in [2.45, 2.75) is 64.0 Å². The van der Waals surface area contributed by atoms with Gasteiger partial charge in [-0.25, -0.2) is 4.79 Å². The van der Waals surface area contributed by atoms with Gasteiger partial charge in [0.15, 0.2) is 0 Å². The van der Waals surface area contributed by atoms with Crippen molar-refractivity contribution >= 4 is 6.09 Å². The fourth-order valence-electron chi connectivity index (χ4n) is 4.28. The second-order valence-electron chi connectivity index (χ2n) is 6.19. The molecule has 19 heavy (non-hydrogen) atoms. The number of carbonyl (C=O) groups excluding carboxylic acids is 1. The number of amides is 1. The lowest BCUT2D eigenvalue weighted by Gasteiger charge is -2.51. The number of hydrogen-bond acceptors (Lipinski definition) is 2. The van der Waals surface area contributed by atoms with E-state index in [9.17, 15) is 4.79 Å². The zero-order valence-electron chi connectivity index (χ0n) is 11.9. The van der Waals surface area contributed by atoms with Gasteiger partial charge in [-0.15, -0.1) is 0 Å². The second-order valence-corrected chi connectivity index (χ2v) is 6.19. The zero-order chi connectivity index (χ0) is 13.2. The van der Waals surface area contributed by atoms with E-state index < -0.39 is 0 Å². The Bertz CT molecular complexity index is 360. The van der Waals surface area contributed by atoms with Gasteiger partial charge in [0.25, 0.3) is 0 Å². The molecule has 0 radical (unpaired) electrons. The highest BCUT2D eigenvalue weighted by Crippen LogP contribution is 2.42. The van der Waals surface area contributed by atoms with E-state index in [4.69, 9.17) is 4.74 Å². The van der Waals surface area contributed by atoms with Crippen LogP contribution in [0.25, 0.3) is 0 Å². The van der Waals surface area contributed by atoms with E-state index >= 15 is 0 Å². The monoisotopic (exact) mass is 263 g/mol. The van der Waals surface area contributed by atoms with Crippen LogP contribution in [0.15, 0.2) is 12.2 Å². The molecule has 4 aliphatic rings. The third-order valence-corrected chi connectivity index (χ3v) is 5.10. The molecule has 1 amide bonds. The largest absolute Gasteiger partial charge is 0.450 e. The molecule has 2 heterocycles. The SMILES string of the molecule is CCOC(=O)N1[C@H]2C=C[C@H](CC2)[C@@H]1C1CCCCC1. The van der Waals surface area contributed by atoms with Crippen molar-refractivity contribution in [1.82, 2.24) is 4.90 Å². The first-order chi connectivity index (χ1) is 9.31. The van der Waals surface area contributed by atoms with Gasteiger partial charge in [0, 0.05) is 6.04 Å². The molecule has 2 aliphatic carbocycles. The predicted molar refractivity (Wildman–Crippen MR) is 74.9 cm³/mol. The number of rotatable bonds is 2. The quantitative estimate of drug-likeness (QED) is 0.710. The standard InChI is InChI=1S/C16H25NO2/c1-2-19-16(18)17-14-10-8-13(9-11-14)15(17)12-6-4-3-5-7-12/h8,10,12-15H,2-7,9,11H2,1H3/t13-,14+,15+/m1/s1. The summed E-state index contributed by atoms with van der Waals surface area (Å²) in [6, 6.07) is 0.694. The molecule has 1 saturated carbocycles. The summed E-state index contributed by atoms with van der Waals surface area (Å²) in [7, 11) is 0. The summed E-state index contributed by atoms with van der Waals surface area (Å²) in [5.74, 6) is 1.26. The van der Waals surface area contributed by atoms with Crippen LogP contribution in [0.1, 0.15) is 51.9 Å². The highest BCUT2D eigenvalue weighted by molar-refractivity contribution is 5.69. The molecule has 4 rings (SSSR count). The van der Waals surface area contributed by atoms with E-state index in [-0.39, 0.29) is 12.1 Å². The van der Waals surface area contributed by atoms with Crippen LogP contribution in [0.2, 0.25) is 0 Å². The predicted octanol–water partition coefficient (Wildman–Crippen LogP) is 3.74. The van der Waals surface area contributed by atoms with Crippen LogP contribution < -0.4 is 0 Å². The minimum Gasteiger partial charge on any atom is -0.450 e. The Labute approximate surface area is 116 Å². The van der Waals surface area contributed by atoms with Crippen molar-refractivity contribution in [2.24, 2.45) is 11.8 Å². The first-order valence-electron chi connectivity index (χ1n) is 7.94. The topological polar surface area (TPSA) is 29.5 Å². The fourth-order valence-corrected chi connectivity index (χ4v) is 4.28. The molecule has 3 nitrogen and oxygen atoms in total. The van der Waals surface area contributed by atoms with Gasteiger partial charge in [-0.1, -0.05) is 31.4 Å². The third kappa shape index (κ3) is 2.39. The Morgan fingerprint density at radius 3 is 2.58 bits per heavy atom. The highest BCUT2D eigenvalue weighted by Gasteiger charge is 2.45. The van der Waals surface area contributed by atoms with Gasteiger partial charge in [-0.2, -0.15) is 0 Å². The van der Waals surface area contributed by atoms with Crippen LogP contribution in [0.5, 0.6) is 0 Å². The van der Waals surface area contributed by atoms with Crippen LogP contribution in [-0.2, 0) is 4.74 Å². The molecule has 2 aliphatic heterocycles. The Hall–Kier alpha value is -0.990. The molecule has 1 saturated heterocycles. The first kappa shape index (κ1) is 13.0. The van der Waals surface area contributed by atoms with Gasteiger partial charge >= 0.3 is 6.09 Å². The Kier molecular flexibility index (Phi) is 3.81. The molecule has 2 bridgehead atoms. The van der Waals surface area contributed by atoms with Crippen molar-refractivity contribution in [3.63, 3.8) is 0 Å². The number of carbonyl (C=O) groups is 1. The van der Waals surface area contributed by atoms with Gasteiger partial charge in [-0.05, 0) is 44.4 Å². The molecule has 0 aromatic carbocycles. The van der Waals surface area contributed by atoms with Crippen LogP contribution in [0.3, 0.4) is 0 Å². The number of piperidine rings is 1. The van der Waals surface area contributed by atoms with Crippen molar-refractivity contribution in [3.05, 3.63) is 12.2 Å². The summed E-state index contributed by atoms with van der Waals surface area (Å²) in [5, 5.41) is 0. The Balaban J connectivity index is 1.81. The average molecular weight is 263 g/mol. The third-order valence-electron chi connectivity index (χ3n) is 5.10. The van der Waals surface area contributed by atoms with Crippen molar-refractivity contribution in [3.8, 4) is 0 Å². The van der Waals surface area contributed by atoms with Crippen molar-refractivity contribution in [2.75, 3.05) is 6.61 Å². The highest BCUT2D eigenvalue weighted by atomic mass is 16.6. The normalized spacial score (nSPS) is 34.6. The van der Waals surface area contributed by atoms with Crippen LogP contribution in [0, 0.1) is 11.8 Å². The molecular formula is C16H25NO2. The Morgan fingerprint density at radius 1 is 1.16 bits per heavy atom. The summed E-state index contributed by atoms with van der Waals surface area (Å²) in [5.41, 5.74) is 0. The number of hydrogen-bond donors (Lipinski definition) is 0. The molecule has 0 aromatic rings. The summed E-state index contributed by atoms with van der Waals surface area (Å²) in [4.78, 5) is 14.4. The van der Waals surface area contributed by atoms with Crippen LogP contribution >= 0.6 is 0 Å². The molecule has 3 heteroatoms. The zero-order valence-corrected chi connectivity index (χ0v) is 11.9.